The van der Waals surface area contributed by atoms with Crippen molar-refractivity contribution in [1.82, 2.24) is 0 Å². The highest BCUT2D eigenvalue weighted by molar-refractivity contribution is 7.42. The largest absolute Gasteiger partial charge is 0.497 e. The van der Waals surface area contributed by atoms with Gasteiger partial charge in [0, 0.05) is 28.2 Å². The van der Waals surface area contributed by atoms with Crippen molar-refractivity contribution in [2.45, 2.75) is 69.5 Å². The van der Waals surface area contributed by atoms with Crippen molar-refractivity contribution < 1.29 is 36.6 Å². The van der Waals surface area contributed by atoms with E-state index in [0.29, 0.717) is 47.3 Å². The summed E-state index contributed by atoms with van der Waals surface area (Å²) in [5.74, 6) is 2.54. The zero-order valence-corrected chi connectivity index (χ0v) is 41.2. The molecule has 0 aliphatic carbocycles. The molecule has 2 fully saturated rings. The van der Waals surface area contributed by atoms with Crippen molar-refractivity contribution in [3.8, 4) is 34.1 Å². The fourth-order valence-corrected chi connectivity index (χ4v) is 11.8. The van der Waals surface area contributed by atoms with Crippen LogP contribution in [-0.2, 0) is 40.1 Å². The molecule has 0 aromatic heterocycles. The van der Waals surface area contributed by atoms with E-state index in [1.807, 2.05) is 115 Å². The summed E-state index contributed by atoms with van der Waals surface area (Å²) >= 11 is 0. The van der Waals surface area contributed by atoms with E-state index in [2.05, 4.69) is 102 Å². The molecule has 8 nitrogen and oxygen atoms in total. The fraction of sp³-hybridized carbons (Fsp3) is 0.263. The van der Waals surface area contributed by atoms with Gasteiger partial charge in [-0.3, -0.25) is 9.05 Å². The Morgan fingerprint density at radius 2 is 0.776 bits per heavy atom. The lowest BCUT2D eigenvalue weighted by molar-refractivity contribution is 0.00370. The van der Waals surface area contributed by atoms with Gasteiger partial charge in [0.25, 0.3) is 0 Å². The smallest absolute Gasteiger partial charge is 0.400 e. The van der Waals surface area contributed by atoms with Gasteiger partial charge in [0.05, 0.1) is 27.4 Å². The quantitative estimate of drug-likeness (QED) is 0.112. The molecule has 2 heterocycles. The van der Waals surface area contributed by atoms with Crippen LogP contribution in [0.2, 0.25) is 0 Å². The highest BCUT2D eigenvalue weighted by Crippen LogP contribution is 2.71. The third kappa shape index (κ3) is 9.00. The molecular weight excluding hydrogens is 875 g/mol. The van der Waals surface area contributed by atoms with Gasteiger partial charge in [0.1, 0.15) is 23.0 Å². The molecule has 10 heteroatoms. The third-order valence-corrected chi connectivity index (χ3v) is 14.7. The third-order valence-electron chi connectivity index (χ3n) is 12.5. The molecule has 2 aliphatic heterocycles. The molecule has 9 rings (SSSR count). The maximum absolute atomic E-state index is 7.68. The molecule has 0 N–H and O–H groups in total. The normalized spacial score (nSPS) is 18.3. The lowest BCUT2D eigenvalue weighted by Gasteiger charge is -2.43. The predicted molar refractivity (Wildman–Crippen MR) is 268 cm³/mol. The molecule has 67 heavy (non-hydrogen) atoms. The minimum absolute atomic E-state index is 0.0835. The van der Waals surface area contributed by atoms with Crippen molar-refractivity contribution in [1.29, 1.82) is 0 Å². The van der Waals surface area contributed by atoms with E-state index < -0.39 is 39.2 Å². The average molecular weight is 933 g/mol. The van der Waals surface area contributed by atoms with E-state index in [1.54, 1.807) is 14.2 Å². The Morgan fingerprint density at radius 1 is 0.448 bits per heavy atom. The van der Waals surface area contributed by atoms with E-state index in [9.17, 15) is 0 Å². The Hall–Kier alpha value is -5.56. The lowest BCUT2D eigenvalue weighted by atomic mass is 9.66. The molecule has 0 spiro atoms. The first-order valence-electron chi connectivity index (χ1n) is 22.7. The summed E-state index contributed by atoms with van der Waals surface area (Å²) in [6, 6.07) is 59.7. The summed E-state index contributed by atoms with van der Waals surface area (Å²) in [7, 11) is -0.666. The number of rotatable bonds is 12. The van der Waals surface area contributed by atoms with Crippen LogP contribution in [0.5, 0.6) is 23.0 Å². The minimum atomic E-state index is -2.23. The number of methoxy groups -OCH3 is 2. The van der Waals surface area contributed by atoms with Crippen molar-refractivity contribution in [2.75, 3.05) is 27.4 Å². The summed E-state index contributed by atoms with van der Waals surface area (Å²) in [4.78, 5) is 0. The standard InChI is InChI=1S/C57H58O8P2/c1-54(2,3)50-36-46(58-7)34-48(52(50)62-66-60-38-41(39-61-66)40-24-14-9-15-25-40)49-35-47(59-8)37-51(55(4,5)6)53(49)63-67-64-56(42-26-16-10-17-27-42,43-28-18-11-19-29-43)57(65-67,44-30-20-12-21-31-44)45-32-22-13-23-33-45/h9-37,41H,38-39H2,1-8H3. The van der Waals surface area contributed by atoms with Gasteiger partial charge in [0.15, 0.2) is 11.2 Å². The number of hydrogen-bond acceptors (Lipinski definition) is 8. The Balaban J connectivity index is 1.25. The van der Waals surface area contributed by atoms with Gasteiger partial charge in [-0.2, -0.15) is 0 Å². The van der Waals surface area contributed by atoms with Gasteiger partial charge in [-0.25, -0.2) is 0 Å². The number of hydrogen-bond donors (Lipinski definition) is 0. The van der Waals surface area contributed by atoms with E-state index in [4.69, 9.17) is 36.6 Å². The van der Waals surface area contributed by atoms with Crippen LogP contribution in [0.25, 0.3) is 11.1 Å². The van der Waals surface area contributed by atoms with Gasteiger partial charge in [-0.1, -0.05) is 193 Å². The first-order chi connectivity index (χ1) is 32.4. The summed E-state index contributed by atoms with van der Waals surface area (Å²) in [6.45, 7) is 13.9. The zero-order valence-electron chi connectivity index (χ0n) is 39.4. The number of benzene rings is 7. The van der Waals surface area contributed by atoms with Crippen LogP contribution < -0.4 is 18.5 Å². The highest BCUT2D eigenvalue weighted by atomic mass is 31.2. The maximum Gasteiger partial charge on any atom is 0.400 e. The molecule has 0 bridgehead atoms. The monoisotopic (exact) mass is 932 g/mol. The van der Waals surface area contributed by atoms with Crippen molar-refractivity contribution in [3.05, 3.63) is 215 Å². The van der Waals surface area contributed by atoms with Crippen LogP contribution in [0.15, 0.2) is 176 Å². The topological polar surface area (TPSA) is 73.8 Å². The molecule has 0 saturated carbocycles. The molecule has 0 atom stereocenters. The molecule has 2 aliphatic rings. The van der Waals surface area contributed by atoms with Crippen molar-refractivity contribution >= 4 is 17.2 Å². The van der Waals surface area contributed by atoms with Gasteiger partial charge < -0.3 is 27.6 Å². The second kappa shape index (κ2) is 19.2. The summed E-state index contributed by atoms with van der Waals surface area (Å²) in [5.41, 5.74) is 4.68. The molecule has 0 unspecified atom stereocenters. The zero-order chi connectivity index (χ0) is 46.8. The molecule has 0 radical (unpaired) electrons. The number of ether oxygens (including phenoxy) is 2. The summed E-state index contributed by atoms with van der Waals surface area (Å²) in [5, 5.41) is 0. The lowest BCUT2D eigenvalue weighted by Crippen LogP contribution is -2.48. The molecule has 7 aromatic carbocycles. The van der Waals surface area contributed by atoms with E-state index in [0.717, 1.165) is 38.9 Å². The Morgan fingerprint density at radius 3 is 1.10 bits per heavy atom. The molecule has 2 saturated heterocycles. The first kappa shape index (κ1) is 46.5. The van der Waals surface area contributed by atoms with E-state index in [1.165, 1.54) is 0 Å². The second-order valence-electron chi connectivity index (χ2n) is 18.9. The van der Waals surface area contributed by atoms with Crippen LogP contribution in [0, 0.1) is 0 Å². The molecule has 344 valence electrons. The van der Waals surface area contributed by atoms with Crippen LogP contribution in [0.3, 0.4) is 0 Å². The SMILES string of the molecule is COc1cc(-c2cc(OC)cc(C(C)(C)C)c2OP2OC(c3ccccc3)(c3ccccc3)C(c3ccccc3)(c3ccccc3)O2)c(OP2OCC(c3ccccc3)CO2)c(C(C)(C)C)c1. The Labute approximate surface area is 398 Å². The second-order valence-corrected chi connectivity index (χ2v) is 21.1. The maximum atomic E-state index is 7.68. The van der Waals surface area contributed by atoms with Gasteiger partial charge in [-0.05, 0) is 62.9 Å². The van der Waals surface area contributed by atoms with Gasteiger partial charge in [-0.15, -0.1) is 0 Å². The van der Waals surface area contributed by atoms with Crippen molar-refractivity contribution in [3.63, 3.8) is 0 Å². The average Bonchev–Trinajstić information content (AvgIpc) is 3.71. The predicted octanol–water partition coefficient (Wildman–Crippen LogP) is 14.9. The summed E-state index contributed by atoms with van der Waals surface area (Å²) in [6.07, 6.45) is 0. The van der Waals surface area contributed by atoms with Crippen molar-refractivity contribution in [2.24, 2.45) is 0 Å². The summed E-state index contributed by atoms with van der Waals surface area (Å²) < 4.78 is 55.0. The Bertz CT molecular complexity index is 2580. The van der Waals surface area contributed by atoms with Gasteiger partial charge in [0.2, 0.25) is 0 Å². The minimum Gasteiger partial charge on any atom is -0.497 e. The van der Waals surface area contributed by atoms with E-state index >= 15 is 0 Å². The Kier molecular flexibility index (Phi) is 13.3. The van der Waals surface area contributed by atoms with E-state index in [-0.39, 0.29) is 5.92 Å². The molecule has 7 aromatic rings. The van der Waals surface area contributed by atoms with Crippen LogP contribution in [0.4, 0.5) is 0 Å². The van der Waals surface area contributed by atoms with Gasteiger partial charge >= 0.3 is 17.2 Å². The first-order valence-corrected chi connectivity index (χ1v) is 24.9. The molecule has 0 amide bonds. The van der Waals surface area contributed by atoms with Crippen LogP contribution >= 0.6 is 17.2 Å². The van der Waals surface area contributed by atoms with Crippen LogP contribution in [0.1, 0.15) is 86.4 Å². The fourth-order valence-electron chi connectivity index (χ4n) is 9.11. The highest BCUT2D eigenvalue weighted by Gasteiger charge is 2.67. The van der Waals surface area contributed by atoms with Crippen LogP contribution in [-0.4, -0.2) is 27.4 Å². The molecular formula is C57H58O8P2.